The Labute approximate surface area is 143 Å². The number of hydrogen-bond acceptors (Lipinski definition) is 4. The fraction of sp³-hybridized carbons (Fsp3) is 0.625. The Morgan fingerprint density at radius 3 is 2.82 bits per heavy atom. The van der Waals surface area contributed by atoms with Gasteiger partial charge in [0.2, 0.25) is 0 Å². The van der Waals surface area contributed by atoms with Crippen molar-refractivity contribution in [3.63, 3.8) is 0 Å². The summed E-state index contributed by atoms with van der Waals surface area (Å²) in [5.41, 5.74) is 1.09. The molecule has 3 rings (SSSR count). The molecule has 1 heterocycles. The number of benzene rings is 1. The molecule has 1 saturated carbocycles. The van der Waals surface area contributed by atoms with Gasteiger partial charge in [-0.1, -0.05) is 11.6 Å². The van der Waals surface area contributed by atoms with Crippen LogP contribution in [0.5, 0.6) is 5.75 Å². The van der Waals surface area contributed by atoms with Crippen LogP contribution in [0.1, 0.15) is 18.4 Å². The Hall–Kier alpha value is -0.520. The Morgan fingerprint density at radius 1 is 1.32 bits per heavy atom. The van der Waals surface area contributed by atoms with Crippen molar-refractivity contribution < 1.29 is 9.84 Å². The number of halogens is 2. The maximum Gasteiger partial charge on any atom is 0.123 e. The molecule has 1 saturated heterocycles. The second kappa shape index (κ2) is 8.37. The predicted octanol–water partition coefficient (Wildman–Crippen LogP) is 2.22. The van der Waals surface area contributed by atoms with E-state index in [2.05, 4.69) is 10.6 Å². The number of aliphatic hydroxyl groups excluding tert-OH is 1. The van der Waals surface area contributed by atoms with Gasteiger partial charge in [0.05, 0.1) is 12.7 Å². The van der Waals surface area contributed by atoms with E-state index in [1.165, 1.54) is 12.8 Å². The molecule has 22 heavy (non-hydrogen) atoms. The highest BCUT2D eigenvalue weighted by molar-refractivity contribution is 6.30. The Kier molecular flexibility index (Phi) is 6.78. The van der Waals surface area contributed by atoms with Crippen molar-refractivity contribution in [1.29, 1.82) is 0 Å². The number of rotatable bonds is 7. The Bertz CT molecular complexity index is 483. The summed E-state index contributed by atoms with van der Waals surface area (Å²) in [4.78, 5) is 0. The number of nitrogens with one attached hydrogen (secondary N) is 2. The molecule has 2 fully saturated rings. The maximum absolute atomic E-state index is 9.79. The first-order chi connectivity index (χ1) is 10.2. The van der Waals surface area contributed by atoms with E-state index in [1.54, 1.807) is 0 Å². The standard InChI is InChI=1S/C16H23ClN2O2.ClH/c17-14-3-4-16(21-10-11-1-2-11)12(5-14)6-18-7-13-8-19-9-15(13)20;/h3-5,11,13,15,18-20H,1-2,6-10H2;1H. The topological polar surface area (TPSA) is 53.5 Å². The van der Waals surface area contributed by atoms with Gasteiger partial charge >= 0.3 is 0 Å². The van der Waals surface area contributed by atoms with E-state index >= 15 is 0 Å². The highest BCUT2D eigenvalue weighted by Gasteiger charge is 2.24. The summed E-state index contributed by atoms with van der Waals surface area (Å²) < 4.78 is 5.90. The molecular weight excluding hydrogens is 323 g/mol. The first-order valence-corrected chi connectivity index (χ1v) is 8.11. The third-order valence-corrected chi connectivity index (χ3v) is 4.46. The molecule has 0 aromatic heterocycles. The average molecular weight is 347 g/mol. The molecule has 1 aliphatic heterocycles. The second-order valence-corrected chi connectivity index (χ2v) is 6.56. The molecule has 1 aromatic rings. The van der Waals surface area contributed by atoms with Gasteiger partial charge in [-0.2, -0.15) is 0 Å². The van der Waals surface area contributed by atoms with Gasteiger partial charge in [-0.3, -0.25) is 0 Å². The summed E-state index contributed by atoms with van der Waals surface area (Å²) in [6.45, 7) is 3.88. The van der Waals surface area contributed by atoms with Crippen LogP contribution in [0.3, 0.4) is 0 Å². The summed E-state index contributed by atoms with van der Waals surface area (Å²) in [6, 6.07) is 5.78. The largest absolute Gasteiger partial charge is 0.493 e. The van der Waals surface area contributed by atoms with Gasteiger partial charge in [0.15, 0.2) is 0 Å². The second-order valence-electron chi connectivity index (χ2n) is 6.12. The van der Waals surface area contributed by atoms with Crippen LogP contribution >= 0.6 is 24.0 Å². The van der Waals surface area contributed by atoms with Crippen LogP contribution < -0.4 is 15.4 Å². The van der Waals surface area contributed by atoms with Crippen molar-refractivity contribution in [3.8, 4) is 5.75 Å². The Balaban J connectivity index is 0.00000176. The van der Waals surface area contributed by atoms with Gasteiger partial charge in [-0.05, 0) is 37.0 Å². The number of aliphatic hydroxyl groups is 1. The lowest BCUT2D eigenvalue weighted by Gasteiger charge is -2.16. The third-order valence-electron chi connectivity index (χ3n) is 4.22. The van der Waals surface area contributed by atoms with Gasteiger partial charge < -0.3 is 20.5 Å². The van der Waals surface area contributed by atoms with Crippen molar-refractivity contribution in [3.05, 3.63) is 28.8 Å². The molecule has 2 aliphatic rings. The summed E-state index contributed by atoms with van der Waals surface area (Å²) in [6.07, 6.45) is 2.32. The van der Waals surface area contributed by atoms with Crippen LogP contribution in [0.4, 0.5) is 0 Å². The van der Waals surface area contributed by atoms with Crippen LogP contribution in [0.2, 0.25) is 5.02 Å². The highest BCUT2D eigenvalue weighted by Crippen LogP contribution is 2.31. The lowest BCUT2D eigenvalue weighted by Crippen LogP contribution is -2.30. The molecule has 1 aromatic carbocycles. The normalized spacial score (nSPS) is 24.1. The molecule has 0 spiro atoms. The van der Waals surface area contributed by atoms with E-state index in [1.807, 2.05) is 18.2 Å². The zero-order chi connectivity index (χ0) is 14.7. The maximum atomic E-state index is 9.79. The zero-order valence-electron chi connectivity index (χ0n) is 12.6. The molecule has 4 nitrogen and oxygen atoms in total. The van der Waals surface area contributed by atoms with Crippen LogP contribution in [0, 0.1) is 11.8 Å². The number of β-amino-alcohol motifs (C(OH)–C–C–N with tert-alkyl or cyclic N) is 1. The quantitative estimate of drug-likeness (QED) is 0.708. The monoisotopic (exact) mass is 346 g/mol. The minimum absolute atomic E-state index is 0. The van der Waals surface area contributed by atoms with Crippen LogP contribution in [0.15, 0.2) is 18.2 Å². The molecule has 1 aliphatic carbocycles. The number of hydrogen-bond donors (Lipinski definition) is 3. The van der Waals surface area contributed by atoms with E-state index in [0.717, 1.165) is 41.9 Å². The van der Waals surface area contributed by atoms with Crippen molar-refractivity contribution in [2.75, 3.05) is 26.2 Å². The smallest absolute Gasteiger partial charge is 0.123 e. The molecular formula is C16H24Cl2N2O2. The van der Waals surface area contributed by atoms with Gasteiger partial charge in [-0.15, -0.1) is 12.4 Å². The highest BCUT2D eigenvalue weighted by atomic mass is 35.5. The Morgan fingerprint density at radius 2 is 2.14 bits per heavy atom. The molecule has 0 radical (unpaired) electrons. The molecule has 0 bridgehead atoms. The van der Waals surface area contributed by atoms with Gasteiger partial charge in [0, 0.05) is 42.7 Å². The first kappa shape index (κ1) is 17.8. The fourth-order valence-corrected chi connectivity index (χ4v) is 2.83. The van der Waals surface area contributed by atoms with Crippen molar-refractivity contribution in [2.24, 2.45) is 11.8 Å². The van der Waals surface area contributed by atoms with Crippen LogP contribution in [0.25, 0.3) is 0 Å². The average Bonchev–Trinajstić information content (AvgIpc) is 3.21. The third kappa shape index (κ3) is 5.00. The van der Waals surface area contributed by atoms with E-state index in [9.17, 15) is 5.11 Å². The molecule has 6 heteroatoms. The number of ether oxygens (including phenoxy) is 1. The van der Waals surface area contributed by atoms with Crippen LogP contribution in [-0.4, -0.2) is 37.5 Å². The van der Waals surface area contributed by atoms with E-state index in [0.29, 0.717) is 13.1 Å². The van der Waals surface area contributed by atoms with Gasteiger partial charge in [0.25, 0.3) is 0 Å². The molecule has 124 valence electrons. The van der Waals surface area contributed by atoms with E-state index < -0.39 is 0 Å². The van der Waals surface area contributed by atoms with E-state index in [-0.39, 0.29) is 24.4 Å². The zero-order valence-corrected chi connectivity index (χ0v) is 14.1. The lowest BCUT2D eigenvalue weighted by molar-refractivity contribution is 0.146. The SMILES string of the molecule is Cl.OC1CNCC1CNCc1cc(Cl)ccc1OCC1CC1. The first-order valence-electron chi connectivity index (χ1n) is 7.73. The van der Waals surface area contributed by atoms with Gasteiger partial charge in [0.1, 0.15) is 5.75 Å². The molecule has 2 atom stereocenters. The summed E-state index contributed by atoms with van der Waals surface area (Å²) in [5, 5.41) is 17.1. The molecule has 3 N–H and O–H groups in total. The van der Waals surface area contributed by atoms with Crippen molar-refractivity contribution in [2.45, 2.75) is 25.5 Å². The van der Waals surface area contributed by atoms with Crippen LogP contribution in [-0.2, 0) is 6.54 Å². The molecule has 0 amide bonds. The summed E-state index contributed by atoms with van der Waals surface area (Å²) in [7, 11) is 0. The van der Waals surface area contributed by atoms with Crippen molar-refractivity contribution in [1.82, 2.24) is 10.6 Å². The van der Waals surface area contributed by atoms with Gasteiger partial charge in [-0.25, -0.2) is 0 Å². The predicted molar refractivity (Wildman–Crippen MR) is 91.0 cm³/mol. The lowest BCUT2D eigenvalue weighted by atomic mass is 10.1. The summed E-state index contributed by atoms with van der Waals surface area (Å²) in [5.74, 6) is 1.94. The van der Waals surface area contributed by atoms with Crippen molar-refractivity contribution >= 4 is 24.0 Å². The summed E-state index contributed by atoms with van der Waals surface area (Å²) >= 11 is 6.09. The minimum Gasteiger partial charge on any atom is -0.493 e. The fourth-order valence-electron chi connectivity index (χ4n) is 2.64. The van der Waals surface area contributed by atoms with E-state index in [4.69, 9.17) is 16.3 Å². The molecule has 2 unspecified atom stereocenters. The minimum atomic E-state index is -0.248.